The van der Waals surface area contributed by atoms with Crippen molar-refractivity contribution in [1.82, 2.24) is 0 Å². The van der Waals surface area contributed by atoms with Crippen molar-refractivity contribution < 1.29 is 14.3 Å². The summed E-state index contributed by atoms with van der Waals surface area (Å²) in [6.07, 6.45) is 3.50. The van der Waals surface area contributed by atoms with Crippen LogP contribution >= 0.6 is 0 Å². The van der Waals surface area contributed by atoms with Crippen LogP contribution in [0.25, 0.3) is 0 Å². The highest BCUT2D eigenvalue weighted by Crippen LogP contribution is 2.31. The summed E-state index contributed by atoms with van der Waals surface area (Å²) in [5.74, 6) is -0.230. The number of esters is 1. The molecule has 1 fully saturated rings. The normalized spacial score (nSPS) is 24.5. The second-order valence-electron chi connectivity index (χ2n) is 5.23. The molecule has 0 aliphatic carbocycles. The lowest BCUT2D eigenvalue weighted by Crippen LogP contribution is -2.33. The highest BCUT2D eigenvalue weighted by atomic mass is 16.5. The second-order valence-corrected chi connectivity index (χ2v) is 5.23. The van der Waals surface area contributed by atoms with E-state index in [0.717, 1.165) is 18.4 Å². The molecule has 0 aromatic rings. The van der Waals surface area contributed by atoms with Gasteiger partial charge in [-0.15, -0.1) is 0 Å². The predicted molar refractivity (Wildman–Crippen MR) is 63.1 cm³/mol. The summed E-state index contributed by atoms with van der Waals surface area (Å²) in [5, 5.41) is 0. The van der Waals surface area contributed by atoms with Crippen molar-refractivity contribution in [3.8, 4) is 0 Å². The van der Waals surface area contributed by atoms with Gasteiger partial charge in [0.25, 0.3) is 0 Å². The van der Waals surface area contributed by atoms with Crippen LogP contribution in [0.1, 0.15) is 40.5 Å². The van der Waals surface area contributed by atoms with Gasteiger partial charge in [0.05, 0.1) is 19.3 Å². The van der Waals surface area contributed by atoms with Crippen molar-refractivity contribution in [1.29, 1.82) is 0 Å². The number of rotatable bonds is 2. The topological polar surface area (TPSA) is 35.5 Å². The summed E-state index contributed by atoms with van der Waals surface area (Å²) < 4.78 is 10.6. The van der Waals surface area contributed by atoms with Crippen LogP contribution in [0.5, 0.6) is 0 Å². The molecule has 92 valence electrons. The summed E-state index contributed by atoms with van der Waals surface area (Å²) in [6, 6.07) is 0. The predicted octanol–water partition coefficient (Wildman–Crippen LogP) is 2.70. The van der Waals surface area contributed by atoms with Gasteiger partial charge in [0.15, 0.2) is 0 Å². The van der Waals surface area contributed by atoms with Crippen LogP contribution in [0.15, 0.2) is 11.6 Å². The summed E-state index contributed by atoms with van der Waals surface area (Å²) in [5.41, 5.74) is 1.26. The Bertz CT molecular complexity index is 273. The Morgan fingerprint density at radius 2 is 2.25 bits per heavy atom. The maximum atomic E-state index is 11.3. The quantitative estimate of drug-likeness (QED) is 0.536. The Morgan fingerprint density at radius 3 is 2.81 bits per heavy atom. The first-order valence-electron chi connectivity index (χ1n) is 5.91. The van der Waals surface area contributed by atoms with Gasteiger partial charge in [-0.3, -0.25) is 0 Å². The zero-order chi connectivity index (χ0) is 12.2. The molecule has 0 spiro atoms. The molecule has 1 rings (SSSR count). The van der Waals surface area contributed by atoms with E-state index in [4.69, 9.17) is 9.47 Å². The van der Waals surface area contributed by atoms with Crippen LogP contribution in [-0.2, 0) is 14.3 Å². The number of ether oxygens (including phenoxy) is 2. The average molecular weight is 226 g/mol. The molecule has 3 heteroatoms. The molecule has 1 atom stereocenters. The minimum atomic E-state index is -0.230. The summed E-state index contributed by atoms with van der Waals surface area (Å²) in [6.45, 7) is 9.42. The van der Waals surface area contributed by atoms with Crippen molar-refractivity contribution in [2.75, 3.05) is 13.2 Å². The highest BCUT2D eigenvalue weighted by Gasteiger charge is 2.29. The fourth-order valence-electron chi connectivity index (χ4n) is 1.77. The third kappa shape index (κ3) is 3.97. The Kier molecular flexibility index (Phi) is 4.54. The van der Waals surface area contributed by atoms with Crippen molar-refractivity contribution >= 4 is 5.97 Å². The third-order valence-corrected chi connectivity index (χ3v) is 2.76. The lowest BCUT2D eigenvalue weighted by Gasteiger charge is -2.34. The van der Waals surface area contributed by atoms with Crippen molar-refractivity contribution in [2.45, 2.75) is 46.6 Å². The first-order valence-corrected chi connectivity index (χ1v) is 5.91. The van der Waals surface area contributed by atoms with E-state index < -0.39 is 0 Å². The highest BCUT2D eigenvalue weighted by molar-refractivity contribution is 5.82. The first kappa shape index (κ1) is 13.2. The van der Waals surface area contributed by atoms with E-state index in [-0.39, 0.29) is 17.5 Å². The maximum absolute atomic E-state index is 11.3. The van der Waals surface area contributed by atoms with E-state index >= 15 is 0 Å². The van der Waals surface area contributed by atoms with Gasteiger partial charge in [-0.25, -0.2) is 4.79 Å². The van der Waals surface area contributed by atoms with Crippen LogP contribution in [-0.4, -0.2) is 25.3 Å². The molecule has 1 aliphatic rings. The largest absolute Gasteiger partial charge is 0.463 e. The van der Waals surface area contributed by atoms with Gasteiger partial charge in [0.2, 0.25) is 0 Å². The second kappa shape index (κ2) is 5.48. The number of carbonyl (C=O) groups excluding carboxylic acids is 1. The summed E-state index contributed by atoms with van der Waals surface area (Å²) in [4.78, 5) is 11.3. The van der Waals surface area contributed by atoms with Gasteiger partial charge in [-0.2, -0.15) is 0 Å². The molecule has 3 nitrogen and oxygen atoms in total. The molecule has 1 heterocycles. The van der Waals surface area contributed by atoms with Crippen LogP contribution in [0.3, 0.4) is 0 Å². The van der Waals surface area contributed by atoms with Gasteiger partial charge in [-0.1, -0.05) is 26.3 Å². The SMILES string of the molecule is CCOC(=O)/C=C1\CCOC(C(C)(C)C)C1. The molecule has 1 saturated heterocycles. The lowest BCUT2D eigenvalue weighted by atomic mass is 9.83. The molecular formula is C13H22O3. The van der Waals surface area contributed by atoms with Crippen LogP contribution in [0, 0.1) is 5.41 Å². The standard InChI is InChI=1S/C13H22O3/c1-5-15-12(14)9-10-6-7-16-11(8-10)13(2,3)4/h9,11H,5-8H2,1-4H3/b10-9+. The number of carbonyl (C=O) groups is 1. The maximum Gasteiger partial charge on any atom is 0.330 e. The Labute approximate surface area is 97.8 Å². The van der Waals surface area contributed by atoms with Crippen molar-refractivity contribution in [3.63, 3.8) is 0 Å². The van der Waals surface area contributed by atoms with E-state index in [2.05, 4.69) is 20.8 Å². The van der Waals surface area contributed by atoms with Crippen LogP contribution in [0.2, 0.25) is 0 Å². The molecule has 0 saturated carbocycles. The molecule has 0 N–H and O–H groups in total. The monoisotopic (exact) mass is 226 g/mol. The Morgan fingerprint density at radius 1 is 1.56 bits per heavy atom. The van der Waals surface area contributed by atoms with Gasteiger partial charge < -0.3 is 9.47 Å². The average Bonchev–Trinajstić information content (AvgIpc) is 2.17. The molecule has 0 bridgehead atoms. The summed E-state index contributed by atoms with van der Waals surface area (Å²) in [7, 11) is 0. The fourth-order valence-corrected chi connectivity index (χ4v) is 1.77. The molecular weight excluding hydrogens is 204 g/mol. The van der Waals surface area contributed by atoms with E-state index in [9.17, 15) is 4.79 Å². The van der Waals surface area contributed by atoms with Gasteiger partial charge >= 0.3 is 5.97 Å². The Hall–Kier alpha value is -0.830. The number of hydrogen-bond donors (Lipinski definition) is 0. The minimum Gasteiger partial charge on any atom is -0.463 e. The molecule has 1 aliphatic heterocycles. The van der Waals surface area contributed by atoms with E-state index in [0.29, 0.717) is 13.2 Å². The molecule has 1 unspecified atom stereocenters. The zero-order valence-electron chi connectivity index (χ0n) is 10.7. The number of hydrogen-bond acceptors (Lipinski definition) is 3. The van der Waals surface area contributed by atoms with E-state index in [1.165, 1.54) is 0 Å². The molecule has 0 radical (unpaired) electrons. The van der Waals surface area contributed by atoms with Crippen LogP contribution in [0.4, 0.5) is 0 Å². The minimum absolute atomic E-state index is 0.119. The van der Waals surface area contributed by atoms with Gasteiger partial charge in [0.1, 0.15) is 0 Å². The third-order valence-electron chi connectivity index (χ3n) is 2.76. The molecule has 0 aromatic carbocycles. The van der Waals surface area contributed by atoms with Gasteiger partial charge in [-0.05, 0) is 25.2 Å². The molecule has 0 aromatic heterocycles. The van der Waals surface area contributed by atoms with Crippen molar-refractivity contribution in [2.24, 2.45) is 5.41 Å². The van der Waals surface area contributed by atoms with E-state index in [1.54, 1.807) is 6.08 Å². The van der Waals surface area contributed by atoms with Crippen molar-refractivity contribution in [3.05, 3.63) is 11.6 Å². The Balaban J connectivity index is 2.60. The lowest BCUT2D eigenvalue weighted by molar-refractivity contribution is -0.137. The van der Waals surface area contributed by atoms with Crippen LogP contribution < -0.4 is 0 Å². The zero-order valence-corrected chi connectivity index (χ0v) is 10.7. The van der Waals surface area contributed by atoms with E-state index in [1.807, 2.05) is 6.92 Å². The first-order chi connectivity index (χ1) is 7.43. The molecule has 16 heavy (non-hydrogen) atoms. The van der Waals surface area contributed by atoms with Gasteiger partial charge in [0, 0.05) is 6.08 Å². The summed E-state index contributed by atoms with van der Waals surface area (Å²) >= 11 is 0. The smallest absolute Gasteiger partial charge is 0.330 e. The molecule has 0 amide bonds. The fraction of sp³-hybridized carbons (Fsp3) is 0.769.